The maximum absolute atomic E-state index is 14.1. The quantitative estimate of drug-likeness (QED) is 0.350. The molecule has 0 saturated carbocycles. The summed E-state index contributed by atoms with van der Waals surface area (Å²) in [5.74, 6) is 0.676. The number of nitrogens with one attached hydrogen (secondary N) is 1. The van der Waals surface area contributed by atoms with Crippen LogP contribution >= 0.6 is 0 Å². The van der Waals surface area contributed by atoms with Gasteiger partial charge in [0.2, 0.25) is 11.8 Å². The predicted molar refractivity (Wildman–Crippen MR) is 166 cm³/mol. The number of nitrogens with zero attached hydrogens (tertiary/aromatic N) is 3. The first-order valence-electron chi connectivity index (χ1n) is 14.2. The Hall–Kier alpha value is -4.58. The number of carbonyl (C=O) groups is 2. The summed E-state index contributed by atoms with van der Waals surface area (Å²) in [4.78, 5) is 33.3. The summed E-state index contributed by atoms with van der Waals surface area (Å²) in [6.45, 7) is 10.5. The molecule has 0 radical (unpaired) electrons. The minimum atomic E-state index is -0.705. The Kier molecular flexibility index (Phi) is 8.68. The van der Waals surface area contributed by atoms with Gasteiger partial charge >= 0.3 is 0 Å². The minimum Gasteiger partial charge on any atom is -0.368 e. The predicted octanol–water partition coefficient (Wildman–Crippen LogP) is 5.71. The second-order valence-electron chi connectivity index (χ2n) is 10.6. The van der Waals surface area contributed by atoms with E-state index in [2.05, 4.69) is 54.1 Å². The summed E-state index contributed by atoms with van der Waals surface area (Å²) < 4.78 is 0. The molecule has 2 heterocycles. The Balaban J connectivity index is 1.47. The molecule has 5 rings (SSSR count). The zero-order chi connectivity index (χ0) is 28.8. The second kappa shape index (κ2) is 12.7. The van der Waals surface area contributed by atoms with Gasteiger partial charge in [-0.05, 0) is 35.7 Å². The first-order chi connectivity index (χ1) is 20.0. The van der Waals surface area contributed by atoms with Crippen molar-refractivity contribution in [2.45, 2.75) is 39.0 Å². The SMILES string of the molecule is C=C(NC/C(C)=C/C=C\C)N1CCC(=O)N2C1CN(Cc1cccc3ccccc13)C(=O)[C@@H]2/C=C/c1ccccc1. The van der Waals surface area contributed by atoms with Crippen LogP contribution < -0.4 is 5.32 Å². The molecule has 6 nitrogen and oxygen atoms in total. The fourth-order valence-electron chi connectivity index (χ4n) is 5.63. The number of hydrogen-bond acceptors (Lipinski definition) is 4. The molecular formula is C35H38N4O2. The number of carbonyl (C=O) groups excluding carboxylic acids is 2. The molecule has 2 aliphatic rings. The van der Waals surface area contributed by atoms with Crippen molar-refractivity contribution in [2.75, 3.05) is 19.6 Å². The summed E-state index contributed by atoms with van der Waals surface area (Å²) in [5, 5.41) is 5.73. The van der Waals surface area contributed by atoms with Crippen LogP contribution in [0.5, 0.6) is 0 Å². The molecule has 1 unspecified atom stereocenters. The zero-order valence-corrected chi connectivity index (χ0v) is 23.9. The van der Waals surface area contributed by atoms with Crippen LogP contribution in [0.1, 0.15) is 31.4 Å². The first kappa shape index (κ1) is 28.0. The number of hydrogen-bond donors (Lipinski definition) is 1. The van der Waals surface area contributed by atoms with E-state index in [1.807, 2.05) is 84.7 Å². The number of fused-ring (bicyclic) bond motifs is 2. The largest absolute Gasteiger partial charge is 0.368 e. The molecule has 2 atom stereocenters. The lowest BCUT2D eigenvalue weighted by Crippen LogP contribution is -2.70. The van der Waals surface area contributed by atoms with Crippen molar-refractivity contribution < 1.29 is 9.59 Å². The summed E-state index contributed by atoms with van der Waals surface area (Å²) in [7, 11) is 0. The third-order valence-corrected chi connectivity index (χ3v) is 7.79. The highest BCUT2D eigenvalue weighted by Crippen LogP contribution is 2.30. The van der Waals surface area contributed by atoms with Gasteiger partial charge < -0.3 is 20.0 Å². The van der Waals surface area contributed by atoms with Gasteiger partial charge in [-0.25, -0.2) is 0 Å². The van der Waals surface area contributed by atoms with E-state index in [0.29, 0.717) is 32.6 Å². The van der Waals surface area contributed by atoms with Crippen molar-refractivity contribution in [1.82, 2.24) is 20.0 Å². The average molecular weight is 547 g/mol. The second-order valence-corrected chi connectivity index (χ2v) is 10.6. The fraction of sp³-hybridized carbons (Fsp3) is 0.257. The highest BCUT2D eigenvalue weighted by Gasteiger charge is 2.47. The lowest BCUT2D eigenvalue weighted by atomic mass is 10.00. The molecule has 41 heavy (non-hydrogen) atoms. The molecule has 6 heteroatoms. The molecule has 3 aromatic carbocycles. The molecule has 210 valence electrons. The molecule has 2 fully saturated rings. The summed E-state index contributed by atoms with van der Waals surface area (Å²) in [5.41, 5.74) is 3.25. The topological polar surface area (TPSA) is 55.9 Å². The van der Waals surface area contributed by atoms with Gasteiger partial charge in [0, 0.05) is 26.1 Å². The molecule has 0 aromatic heterocycles. The van der Waals surface area contributed by atoms with Crippen molar-refractivity contribution >= 4 is 28.7 Å². The third-order valence-electron chi connectivity index (χ3n) is 7.79. The van der Waals surface area contributed by atoms with E-state index < -0.39 is 6.04 Å². The van der Waals surface area contributed by atoms with Crippen LogP contribution in [-0.2, 0) is 16.1 Å². The molecule has 2 saturated heterocycles. The van der Waals surface area contributed by atoms with Crippen molar-refractivity contribution in [3.05, 3.63) is 126 Å². The smallest absolute Gasteiger partial charge is 0.249 e. The van der Waals surface area contributed by atoms with Crippen LogP contribution in [-0.4, -0.2) is 58.4 Å². The number of benzene rings is 3. The number of piperazine rings is 1. The Labute approximate surface area is 242 Å². The highest BCUT2D eigenvalue weighted by molar-refractivity contribution is 5.92. The average Bonchev–Trinajstić information content (AvgIpc) is 3.00. The highest BCUT2D eigenvalue weighted by atomic mass is 16.2. The van der Waals surface area contributed by atoms with Gasteiger partial charge in [-0.1, -0.05) is 115 Å². The van der Waals surface area contributed by atoms with E-state index in [-0.39, 0.29) is 18.0 Å². The first-order valence-corrected chi connectivity index (χ1v) is 14.2. The lowest BCUT2D eigenvalue weighted by Gasteiger charge is -2.52. The van der Waals surface area contributed by atoms with Gasteiger partial charge in [0.25, 0.3) is 0 Å². The molecule has 0 bridgehead atoms. The minimum absolute atomic E-state index is 0.0101. The van der Waals surface area contributed by atoms with Crippen LogP contribution in [0.3, 0.4) is 0 Å². The Morgan fingerprint density at radius 1 is 1.02 bits per heavy atom. The number of allylic oxidation sites excluding steroid dienone is 3. The van der Waals surface area contributed by atoms with Gasteiger partial charge in [-0.15, -0.1) is 0 Å². The monoisotopic (exact) mass is 546 g/mol. The summed E-state index contributed by atoms with van der Waals surface area (Å²) in [6, 6.07) is 23.6. The Bertz CT molecular complexity index is 1500. The molecule has 2 amide bonds. The van der Waals surface area contributed by atoms with E-state index >= 15 is 0 Å². The van der Waals surface area contributed by atoms with Crippen LogP contribution in [0.15, 0.2) is 115 Å². The van der Waals surface area contributed by atoms with Gasteiger partial charge in [0.1, 0.15) is 12.2 Å². The van der Waals surface area contributed by atoms with Gasteiger partial charge in [0.15, 0.2) is 0 Å². The maximum atomic E-state index is 14.1. The van der Waals surface area contributed by atoms with Crippen LogP contribution in [0.2, 0.25) is 0 Å². The Morgan fingerprint density at radius 3 is 2.59 bits per heavy atom. The van der Waals surface area contributed by atoms with Gasteiger partial charge in [-0.3, -0.25) is 9.59 Å². The van der Waals surface area contributed by atoms with Crippen molar-refractivity contribution in [3.8, 4) is 0 Å². The van der Waals surface area contributed by atoms with E-state index in [0.717, 1.165) is 27.7 Å². The summed E-state index contributed by atoms with van der Waals surface area (Å²) >= 11 is 0. The molecule has 0 aliphatic carbocycles. The van der Waals surface area contributed by atoms with Crippen molar-refractivity contribution in [3.63, 3.8) is 0 Å². The molecular weight excluding hydrogens is 508 g/mol. The molecule has 2 aliphatic heterocycles. The zero-order valence-electron chi connectivity index (χ0n) is 23.9. The van der Waals surface area contributed by atoms with Gasteiger partial charge in [0.05, 0.1) is 12.4 Å². The third kappa shape index (κ3) is 6.27. The van der Waals surface area contributed by atoms with E-state index in [4.69, 9.17) is 0 Å². The summed E-state index contributed by atoms with van der Waals surface area (Å²) in [6.07, 6.45) is 9.91. The standard InChI is InChI=1S/C35H38N4O2/c1-4-5-12-26(2)23-36-27(3)38-22-21-34(40)39-32(20-19-28-13-7-6-8-14-28)35(41)37(25-33(38)39)24-30-17-11-16-29-15-9-10-18-31(29)30/h4-20,32-33,36H,3,21-25H2,1-2H3/b5-4-,20-19+,26-12+/t32-,33?/m0/s1. The fourth-order valence-corrected chi connectivity index (χ4v) is 5.63. The number of rotatable bonds is 9. The molecule has 1 N–H and O–H groups in total. The lowest BCUT2D eigenvalue weighted by molar-refractivity contribution is -0.165. The van der Waals surface area contributed by atoms with E-state index in [9.17, 15) is 9.59 Å². The van der Waals surface area contributed by atoms with Crippen molar-refractivity contribution in [2.24, 2.45) is 0 Å². The normalized spacial score (nSPS) is 19.9. The number of amides is 2. The molecule has 0 spiro atoms. The van der Waals surface area contributed by atoms with E-state index in [1.165, 1.54) is 5.57 Å². The Morgan fingerprint density at radius 2 is 1.78 bits per heavy atom. The van der Waals surface area contributed by atoms with Crippen LogP contribution in [0, 0.1) is 0 Å². The van der Waals surface area contributed by atoms with Gasteiger partial charge in [-0.2, -0.15) is 0 Å². The van der Waals surface area contributed by atoms with E-state index in [1.54, 1.807) is 4.90 Å². The van der Waals surface area contributed by atoms with Crippen LogP contribution in [0.4, 0.5) is 0 Å². The molecule has 3 aromatic rings. The van der Waals surface area contributed by atoms with Crippen LogP contribution in [0.25, 0.3) is 16.8 Å². The van der Waals surface area contributed by atoms with Crippen molar-refractivity contribution in [1.29, 1.82) is 0 Å². The maximum Gasteiger partial charge on any atom is 0.249 e.